The van der Waals surface area contributed by atoms with Crippen molar-refractivity contribution in [3.8, 4) is 11.5 Å². The molecule has 1 atom stereocenters. The molecule has 5 nitrogen and oxygen atoms in total. The fourth-order valence-electron chi connectivity index (χ4n) is 2.08. The third-order valence-electron chi connectivity index (χ3n) is 3.03. The molecule has 0 spiro atoms. The van der Waals surface area contributed by atoms with E-state index < -0.39 is 0 Å². The van der Waals surface area contributed by atoms with Crippen LogP contribution in [-0.4, -0.2) is 38.4 Å². The fourth-order valence-corrected chi connectivity index (χ4v) is 2.08. The number of ether oxygens (including phenoxy) is 3. The highest BCUT2D eigenvalue weighted by molar-refractivity contribution is 5.86. The summed E-state index contributed by atoms with van der Waals surface area (Å²) in [5.74, 6) is 1.35. The van der Waals surface area contributed by atoms with E-state index in [-0.39, 0.29) is 12.0 Å². The average molecular weight is 249 g/mol. The molecule has 0 bridgehead atoms. The van der Waals surface area contributed by atoms with Crippen LogP contribution in [0.5, 0.6) is 11.5 Å². The number of benzene rings is 1. The van der Waals surface area contributed by atoms with Gasteiger partial charge in [-0.2, -0.15) is 0 Å². The van der Waals surface area contributed by atoms with E-state index in [1.807, 2.05) is 30.0 Å². The molecule has 0 aliphatic carbocycles. The second kappa shape index (κ2) is 4.40. The number of nitrogens with zero attached hydrogens (tertiary/aromatic N) is 1. The van der Waals surface area contributed by atoms with Crippen molar-refractivity contribution in [2.45, 2.75) is 13.0 Å². The molecule has 96 valence electrons. The Morgan fingerprint density at radius 1 is 1.39 bits per heavy atom. The summed E-state index contributed by atoms with van der Waals surface area (Å²) in [5, 5.41) is 0. The van der Waals surface area contributed by atoms with Crippen molar-refractivity contribution >= 4 is 11.7 Å². The second-order valence-corrected chi connectivity index (χ2v) is 4.25. The molecule has 2 heterocycles. The molecule has 0 N–H and O–H groups in total. The molecule has 0 saturated carbocycles. The largest absolute Gasteiger partial charge is 0.486 e. The number of carbonyl (C=O) groups excluding carboxylic acids is 1. The van der Waals surface area contributed by atoms with Gasteiger partial charge in [-0.25, -0.2) is 4.79 Å². The van der Waals surface area contributed by atoms with Crippen molar-refractivity contribution in [3.05, 3.63) is 18.2 Å². The van der Waals surface area contributed by atoms with Gasteiger partial charge in [-0.05, 0) is 19.1 Å². The van der Waals surface area contributed by atoms with E-state index in [1.165, 1.54) is 0 Å². The summed E-state index contributed by atoms with van der Waals surface area (Å²) >= 11 is 0. The smallest absolute Gasteiger partial charge is 0.330 e. The SMILES string of the molecule is CCOC(=O)C1CN1c1ccc2c(c1)OCCO2. The van der Waals surface area contributed by atoms with Gasteiger partial charge in [0, 0.05) is 11.8 Å². The Labute approximate surface area is 105 Å². The first kappa shape index (κ1) is 11.2. The van der Waals surface area contributed by atoms with Crippen molar-refractivity contribution in [1.82, 2.24) is 0 Å². The Balaban J connectivity index is 1.73. The maximum atomic E-state index is 11.6. The first-order valence-electron chi connectivity index (χ1n) is 6.12. The highest BCUT2D eigenvalue weighted by atomic mass is 16.6. The topological polar surface area (TPSA) is 47.8 Å². The van der Waals surface area contributed by atoms with Crippen molar-refractivity contribution in [3.63, 3.8) is 0 Å². The maximum Gasteiger partial charge on any atom is 0.330 e. The van der Waals surface area contributed by atoms with Gasteiger partial charge in [0.1, 0.15) is 19.3 Å². The van der Waals surface area contributed by atoms with Gasteiger partial charge in [0.2, 0.25) is 0 Å². The lowest BCUT2D eigenvalue weighted by atomic mass is 10.2. The summed E-state index contributed by atoms with van der Waals surface area (Å²) < 4.78 is 16.0. The molecule has 2 aliphatic rings. The van der Waals surface area contributed by atoms with Crippen molar-refractivity contribution in [1.29, 1.82) is 0 Å². The average Bonchev–Trinajstić information content (AvgIpc) is 3.19. The summed E-state index contributed by atoms with van der Waals surface area (Å²) in [6.45, 7) is 4.09. The normalized spacial score (nSPS) is 20.5. The molecule has 1 unspecified atom stereocenters. The van der Waals surface area contributed by atoms with Gasteiger partial charge < -0.3 is 19.1 Å². The second-order valence-electron chi connectivity index (χ2n) is 4.25. The van der Waals surface area contributed by atoms with Crippen LogP contribution < -0.4 is 14.4 Å². The molecule has 0 radical (unpaired) electrons. The van der Waals surface area contributed by atoms with Gasteiger partial charge in [0.25, 0.3) is 0 Å². The van der Waals surface area contributed by atoms with Crippen molar-refractivity contribution < 1.29 is 19.0 Å². The predicted octanol–water partition coefficient (Wildman–Crippen LogP) is 1.21. The Bertz CT molecular complexity index is 474. The number of anilines is 1. The van der Waals surface area contributed by atoms with Gasteiger partial charge in [-0.15, -0.1) is 0 Å². The zero-order valence-electron chi connectivity index (χ0n) is 10.2. The molecule has 3 rings (SSSR count). The Kier molecular flexibility index (Phi) is 2.74. The van der Waals surface area contributed by atoms with E-state index in [1.54, 1.807) is 0 Å². The number of rotatable bonds is 3. The highest BCUT2D eigenvalue weighted by Crippen LogP contribution is 2.37. The molecule has 0 aromatic heterocycles. The van der Waals surface area contributed by atoms with Crippen LogP contribution in [0.2, 0.25) is 0 Å². The lowest BCUT2D eigenvalue weighted by Crippen LogP contribution is -2.17. The summed E-state index contributed by atoms with van der Waals surface area (Å²) in [5.41, 5.74) is 0.970. The number of fused-ring (bicyclic) bond motifs is 1. The lowest BCUT2D eigenvalue weighted by Gasteiger charge is -2.19. The molecule has 18 heavy (non-hydrogen) atoms. The van der Waals surface area contributed by atoms with Crippen LogP contribution >= 0.6 is 0 Å². The molecule has 1 fully saturated rings. The zero-order chi connectivity index (χ0) is 12.5. The summed E-state index contributed by atoms with van der Waals surface area (Å²) in [4.78, 5) is 13.5. The van der Waals surface area contributed by atoms with Crippen LogP contribution in [0.15, 0.2) is 18.2 Å². The van der Waals surface area contributed by atoms with E-state index in [0.29, 0.717) is 26.4 Å². The van der Waals surface area contributed by atoms with Crippen LogP contribution in [0.3, 0.4) is 0 Å². The molecular formula is C13H15NO4. The van der Waals surface area contributed by atoms with Crippen LogP contribution in [0.25, 0.3) is 0 Å². The summed E-state index contributed by atoms with van der Waals surface area (Å²) in [6.07, 6.45) is 0. The molecule has 5 heteroatoms. The first-order chi connectivity index (χ1) is 8.79. The van der Waals surface area contributed by atoms with Crippen LogP contribution in [0.4, 0.5) is 5.69 Å². The number of carbonyl (C=O) groups is 1. The van der Waals surface area contributed by atoms with E-state index in [0.717, 1.165) is 17.2 Å². The minimum atomic E-state index is -0.160. The molecule has 1 aromatic rings. The third kappa shape index (κ3) is 1.96. The standard InChI is InChI=1S/C13H15NO4/c1-2-16-13(15)10-8-14(10)9-3-4-11-12(7-9)18-6-5-17-11/h3-4,7,10H,2,5-6,8H2,1H3. The zero-order valence-corrected chi connectivity index (χ0v) is 10.2. The van der Waals surface area contributed by atoms with Crippen LogP contribution in [0.1, 0.15) is 6.92 Å². The van der Waals surface area contributed by atoms with Crippen molar-refractivity contribution in [2.24, 2.45) is 0 Å². The van der Waals surface area contributed by atoms with E-state index in [4.69, 9.17) is 14.2 Å². The molecule has 1 aromatic carbocycles. The Morgan fingerprint density at radius 3 is 2.94 bits per heavy atom. The third-order valence-corrected chi connectivity index (χ3v) is 3.03. The summed E-state index contributed by atoms with van der Waals surface area (Å²) in [6, 6.07) is 5.58. The van der Waals surface area contributed by atoms with Gasteiger partial charge in [-0.1, -0.05) is 0 Å². The minimum Gasteiger partial charge on any atom is -0.486 e. The van der Waals surface area contributed by atoms with Crippen molar-refractivity contribution in [2.75, 3.05) is 31.3 Å². The fraction of sp³-hybridized carbons (Fsp3) is 0.462. The monoisotopic (exact) mass is 249 g/mol. The van der Waals surface area contributed by atoms with Gasteiger partial charge in [-0.3, -0.25) is 0 Å². The van der Waals surface area contributed by atoms with Gasteiger partial charge in [0.15, 0.2) is 11.5 Å². The Morgan fingerprint density at radius 2 is 2.17 bits per heavy atom. The predicted molar refractivity (Wildman–Crippen MR) is 65.2 cm³/mol. The summed E-state index contributed by atoms with van der Waals surface area (Å²) in [7, 11) is 0. The number of hydrogen-bond donors (Lipinski definition) is 0. The minimum absolute atomic E-state index is 0.146. The van der Waals surface area contributed by atoms with Gasteiger partial charge >= 0.3 is 5.97 Å². The molecule has 2 aliphatic heterocycles. The van der Waals surface area contributed by atoms with Crippen LogP contribution in [0, 0.1) is 0 Å². The molecule has 1 saturated heterocycles. The van der Waals surface area contributed by atoms with Crippen LogP contribution in [-0.2, 0) is 9.53 Å². The first-order valence-corrected chi connectivity index (χ1v) is 6.12. The molecular weight excluding hydrogens is 234 g/mol. The number of esters is 1. The Hall–Kier alpha value is -1.91. The maximum absolute atomic E-state index is 11.6. The number of hydrogen-bond acceptors (Lipinski definition) is 5. The van der Waals surface area contributed by atoms with E-state index in [9.17, 15) is 4.79 Å². The van der Waals surface area contributed by atoms with E-state index >= 15 is 0 Å². The lowest BCUT2D eigenvalue weighted by molar-refractivity contribution is -0.142. The van der Waals surface area contributed by atoms with Gasteiger partial charge in [0.05, 0.1) is 13.2 Å². The van der Waals surface area contributed by atoms with E-state index in [2.05, 4.69) is 0 Å². The highest BCUT2D eigenvalue weighted by Gasteiger charge is 2.42. The quantitative estimate of drug-likeness (QED) is 0.595. The molecule has 0 amide bonds.